The number of amides is 1. The van der Waals surface area contributed by atoms with Crippen LogP contribution in [0.5, 0.6) is 11.5 Å². The van der Waals surface area contributed by atoms with Crippen LogP contribution in [0.4, 0.5) is 4.79 Å². The number of carbonyl (C=O) groups is 1. The summed E-state index contributed by atoms with van der Waals surface area (Å²) in [5, 5.41) is 2.69. The standard InChI is InChI=1S/C15H19NO4/c1-15(9-16-14(17)20-15)10-6-7-12(18-2)13(8-10)19-11-4-3-5-11/h6-8,11H,3-5,9H2,1-2H3,(H,16,17)/t15-/m0/s1. The van der Waals surface area contributed by atoms with Crippen LogP contribution in [0, 0.1) is 0 Å². The molecule has 1 atom stereocenters. The second-order valence-electron chi connectivity index (χ2n) is 5.51. The Morgan fingerprint density at radius 1 is 1.35 bits per heavy atom. The van der Waals surface area contributed by atoms with Crippen molar-refractivity contribution in [1.29, 1.82) is 0 Å². The van der Waals surface area contributed by atoms with E-state index in [4.69, 9.17) is 14.2 Å². The molecule has 3 rings (SSSR count). The van der Waals surface area contributed by atoms with E-state index in [0.717, 1.165) is 24.2 Å². The average Bonchev–Trinajstić information content (AvgIpc) is 2.75. The zero-order valence-electron chi connectivity index (χ0n) is 11.8. The number of methoxy groups -OCH3 is 1. The number of rotatable bonds is 4. The van der Waals surface area contributed by atoms with Gasteiger partial charge in [-0.15, -0.1) is 0 Å². The van der Waals surface area contributed by atoms with Crippen LogP contribution >= 0.6 is 0 Å². The predicted octanol–water partition coefficient (Wildman–Crippen LogP) is 2.58. The number of hydrogen-bond acceptors (Lipinski definition) is 4. The molecule has 0 radical (unpaired) electrons. The summed E-state index contributed by atoms with van der Waals surface area (Å²) < 4.78 is 16.7. The van der Waals surface area contributed by atoms with Gasteiger partial charge in [-0.05, 0) is 38.3 Å². The lowest BCUT2D eigenvalue weighted by Gasteiger charge is -2.28. The van der Waals surface area contributed by atoms with Crippen molar-refractivity contribution in [3.05, 3.63) is 23.8 Å². The Morgan fingerprint density at radius 2 is 2.15 bits per heavy atom. The molecular formula is C15H19NO4. The predicted molar refractivity (Wildman–Crippen MR) is 73.1 cm³/mol. The van der Waals surface area contributed by atoms with Crippen molar-refractivity contribution in [1.82, 2.24) is 5.32 Å². The third-order valence-electron chi connectivity index (χ3n) is 4.01. The van der Waals surface area contributed by atoms with E-state index in [0.29, 0.717) is 12.3 Å². The number of hydrogen-bond donors (Lipinski definition) is 1. The maximum Gasteiger partial charge on any atom is 0.408 e. The van der Waals surface area contributed by atoms with Gasteiger partial charge in [-0.3, -0.25) is 0 Å². The van der Waals surface area contributed by atoms with Gasteiger partial charge in [0, 0.05) is 5.56 Å². The molecule has 1 amide bonds. The van der Waals surface area contributed by atoms with Crippen LogP contribution in [0.1, 0.15) is 31.7 Å². The fourth-order valence-corrected chi connectivity index (χ4v) is 2.44. The highest BCUT2D eigenvalue weighted by atomic mass is 16.6. The van der Waals surface area contributed by atoms with Crippen molar-refractivity contribution in [2.45, 2.75) is 37.9 Å². The number of cyclic esters (lactones) is 1. The fraction of sp³-hybridized carbons (Fsp3) is 0.533. The summed E-state index contributed by atoms with van der Waals surface area (Å²) in [7, 11) is 1.63. The third-order valence-corrected chi connectivity index (χ3v) is 4.01. The van der Waals surface area contributed by atoms with E-state index in [1.807, 2.05) is 25.1 Å². The molecule has 1 aromatic rings. The SMILES string of the molecule is COc1ccc([C@]2(C)CNC(=O)O2)cc1OC1CCC1. The zero-order chi connectivity index (χ0) is 14.2. The van der Waals surface area contributed by atoms with Crippen molar-refractivity contribution in [3.63, 3.8) is 0 Å². The molecule has 5 nitrogen and oxygen atoms in total. The van der Waals surface area contributed by atoms with Crippen LogP contribution in [0.15, 0.2) is 18.2 Å². The molecule has 1 aromatic carbocycles. The number of nitrogens with one attached hydrogen (secondary N) is 1. The molecule has 1 aliphatic heterocycles. The number of alkyl carbamates (subject to hydrolysis) is 1. The zero-order valence-corrected chi connectivity index (χ0v) is 11.8. The van der Waals surface area contributed by atoms with Gasteiger partial charge in [0.25, 0.3) is 0 Å². The Kier molecular flexibility index (Phi) is 3.20. The van der Waals surface area contributed by atoms with E-state index in [2.05, 4.69) is 5.32 Å². The van der Waals surface area contributed by atoms with Gasteiger partial charge >= 0.3 is 6.09 Å². The first-order chi connectivity index (χ1) is 9.60. The van der Waals surface area contributed by atoms with E-state index >= 15 is 0 Å². The summed E-state index contributed by atoms with van der Waals surface area (Å²) in [5.74, 6) is 1.43. The Bertz CT molecular complexity index is 527. The maximum atomic E-state index is 11.3. The Hall–Kier alpha value is -1.91. The minimum absolute atomic E-state index is 0.274. The smallest absolute Gasteiger partial charge is 0.408 e. The van der Waals surface area contributed by atoms with Gasteiger partial charge in [-0.1, -0.05) is 6.07 Å². The fourth-order valence-electron chi connectivity index (χ4n) is 2.44. The first kappa shape index (κ1) is 13.1. The van der Waals surface area contributed by atoms with Gasteiger partial charge in [0.1, 0.15) is 0 Å². The van der Waals surface area contributed by atoms with E-state index in [1.54, 1.807) is 7.11 Å². The highest BCUT2D eigenvalue weighted by Crippen LogP contribution is 2.37. The second-order valence-corrected chi connectivity index (χ2v) is 5.51. The molecule has 0 bridgehead atoms. The Labute approximate surface area is 118 Å². The lowest BCUT2D eigenvalue weighted by atomic mass is 9.94. The lowest BCUT2D eigenvalue weighted by molar-refractivity contribution is 0.0693. The van der Waals surface area contributed by atoms with Gasteiger partial charge in [0.05, 0.1) is 19.8 Å². The molecule has 108 valence electrons. The summed E-state index contributed by atoms with van der Waals surface area (Å²) in [6, 6.07) is 5.69. The Balaban J connectivity index is 1.88. The topological polar surface area (TPSA) is 56.8 Å². The number of ether oxygens (including phenoxy) is 3. The summed E-state index contributed by atoms with van der Waals surface area (Å²) in [6.07, 6.45) is 3.27. The van der Waals surface area contributed by atoms with Crippen LogP contribution in [-0.2, 0) is 10.3 Å². The van der Waals surface area contributed by atoms with Crippen molar-refractivity contribution in [2.75, 3.05) is 13.7 Å². The molecule has 1 saturated carbocycles. The number of carbonyl (C=O) groups excluding carboxylic acids is 1. The summed E-state index contributed by atoms with van der Waals surface area (Å²) in [5.41, 5.74) is 0.257. The second kappa shape index (κ2) is 4.89. The Morgan fingerprint density at radius 3 is 2.70 bits per heavy atom. The van der Waals surface area contributed by atoms with E-state index in [1.165, 1.54) is 6.42 Å². The van der Waals surface area contributed by atoms with Gasteiger partial charge in [0.2, 0.25) is 0 Å². The van der Waals surface area contributed by atoms with E-state index < -0.39 is 5.60 Å². The molecule has 0 aromatic heterocycles. The number of benzene rings is 1. The summed E-state index contributed by atoms with van der Waals surface area (Å²) in [6.45, 7) is 2.35. The van der Waals surface area contributed by atoms with Crippen molar-refractivity contribution < 1.29 is 19.0 Å². The van der Waals surface area contributed by atoms with Gasteiger partial charge < -0.3 is 19.5 Å². The van der Waals surface area contributed by atoms with Crippen LogP contribution in [-0.4, -0.2) is 25.9 Å². The van der Waals surface area contributed by atoms with E-state index in [-0.39, 0.29) is 12.2 Å². The van der Waals surface area contributed by atoms with Crippen LogP contribution in [0.2, 0.25) is 0 Å². The molecule has 5 heteroatoms. The highest BCUT2D eigenvalue weighted by Gasteiger charge is 2.38. The quantitative estimate of drug-likeness (QED) is 0.919. The molecule has 0 unspecified atom stereocenters. The van der Waals surface area contributed by atoms with Crippen LogP contribution in [0.3, 0.4) is 0 Å². The first-order valence-electron chi connectivity index (χ1n) is 6.93. The molecule has 1 aliphatic carbocycles. The average molecular weight is 277 g/mol. The summed E-state index contributed by atoms with van der Waals surface area (Å²) >= 11 is 0. The molecular weight excluding hydrogens is 258 g/mol. The molecule has 2 fully saturated rings. The monoisotopic (exact) mass is 277 g/mol. The minimum Gasteiger partial charge on any atom is -0.493 e. The highest BCUT2D eigenvalue weighted by molar-refractivity contribution is 5.70. The van der Waals surface area contributed by atoms with Crippen molar-refractivity contribution >= 4 is 6.09 Å². The van der Waals surface area contributed by atoms with Crippen LogP contribution < -0.4 is 14.8 Å². The van der Waals surface area contributed by atoms with Crippen molar-refractivity contribution in [2.24, 2.45) is 0 Å². The molecule has 0 spiro atoms. The normalized spacial score (nSPS) is 25.6. The first-order valence-corrected chi connectivity index (χ1v) is 6.93. The third kappa shape index (κ3) is 2.28. The van der Waals surface area contributed by atoms with Crippen LogP contribution in [0.25, 0.3) is 0 Å². The molecule has 1 N–H and O–H groups in total. The minimum atomic E-state index is -0.652. The molecule has 1 saturated heterocycles. The molecule has 20 heavy (non-hydrogen) atoms. The maximum absolute atomic E-state index is 11.3. The largest absolute Gasteiger partial charge is 0.493 e. The van der Waals surface area contributed by atoms with Gasteiger partial charge in [-0.25, -0.2) is 4.79 Å². The van der Waals surface area contributed by atoms with E-state index in [9.17, 15) is 4.79 Å². The van der Waals surface area contributed by atoms with Crippen molar-refractivity contribution in [3.8, 4) is 11.5 Å². The van der Waals surface area contributed by atoms with Gasteiger partial charge in [-0.2, -0.15) is 0 Å². The van der Waals surface area contributed by atoms with Gasteiger partial charge in [0.15, 0.2) is 17.1 Å². The summed E-state index contributed by atoms with van der Waals surface area (Å²) in [4.78, 5) is 11.3. The lowest BCUT2D eigenvalue weighted by Crippen LogP contribution is -2.27. The molecule has 2 aliphatic rings. The molecule has 1 heterocycles.